The summed E-state index contributed by atoms with van der Waals surface area (Å²) in [4.78, 5) is 63.1. The predicted octanol–water partition coefficient (Wildman–Crippen LogP) is 2.70. The highest BCUT2D eigenvalue weighted by Gasteiger charge is 2.08. The minimum atomic E-state index is -0.582. The number of carbonyl (C=O) groups is 6. The number of carbonyl (C=O) groups excluding carboxylic acids is 6. The van der Waals surface area contributed by atoms with Gasteiger partial charge in [-0.25, -0.2) is 9.59 Å². The Balaban J connectivity index is 0. The molecule has 0 bridgehead atoms. The van der Waals surface area contributed by atoms with Crippen molar-refractivity contribution in [2.75, 3.05) is 63.0 Å². The number of rotatable bonds is 12. The molecule has 0 fully saturated rings. The molecule has 0 saturated carbocycles. The van der Waals surface area contributed by atoms with Crippen LogP contribution in [0.25, 0.3) is 0 Å². The molecule has 0 N–H and O–H groups in total. The van der Waals surface area contributed by atoms with E-state index in [9.17, 15) is 28.8 Å². The van der Waals surface area contributed by atoms with E-state index in [1.807, 2.05) is 0 Å². The average Bonchev–Trinajstić information content (AvgIpc) is 3.05. The summed E-state index contributed by atoms with van der Waals surface area (Å²) in [5.74, 6) is -1.78. The molecular weight excluding hydrogens is 616 g/mol. The fraction of sp³-hybridized carbons (Fsp3) is 0.400. The smallest absolute Gasteiger partial charge is 0.337 e. The van der Waals surface area contributed by atoms with E-state index in [2.05, 4.69) is 37.9 Å². The van der Waals surface area contributed by atoms with Crippen molar-refractivity contribution in [3.05, 3.63) is 59.7 Å². The van der Waals surface area contributed by atoms with Crippen LogP contribution in [0.1, 0.15) is 41.0 Å². The van der Waals surface area contributed by atoms with Gasteiger partial charge in [0.2, 0.25) is 13.6 Å². The minimum Gasteiger partial charge on any atom is -0.469 e. The highest BCUT2D eigenvalue weighted by molar-refractivity contribution is 5.91. The molecule has 0 saturated heterocycles. The largest absolute Gasteiger partial charge is 0.469 e. The van der Waals surface area contributed by atoms with Crippen LogP contribution in [-0.4, -0.2) is 98.9 Å². The van der Waals surface area contributed by atoms with Gasteiger partial charge in [0.1, 0.15) is 24.7 Å². The molecule has 0 aliphatic carbocycles. The number of hydrogen-bond donors (Lipinski definition) is 0. The van der Waals surface area contributed by atoms with Gasteiger partial charge >= 0.3 is 35.8 Å². The van der Waals surface area contributed by atoms with E-state index in [0.29, 0.717) is 29.4 Å². The van der Waals surface area contributed by atoms with Gasteiger partial charge in [0.05, 0.1) is 39.6 Å². The molecular formula is C30H40O16. The summed E-state index contributed by atoms with van der Waals surface area (Å²) < 4.78 is 45.9. The first-order valence-corrected chi connectivity index (χ1v) is 12.9. The quantitative estimate of drug-likeness (QED) is 0.140. The topological polar surface area (TPSA) is 195 Å². The van der Waals surface area contributed by atoms with Crippen molar-refractivity contribution in [3.8, 4) is 11.5 Å². The second-order valence-corrected chi connectivity index (χ2v) is 7.85. The van der Waals surface area contributed by atoms with Crippen molar-refractivity contribution in [2.45, 2.75) is 20.3 Å². The summed E-state index contributed by atoms with van der Waals surface area (Å²) in [5, 5.41) is 0. The molecule has 2 rings (SSSR count). The van der Waals surface area contributed by atoms with Gasteiger partial charge in [0, 0.05) is 28.1 Å². The number of esters is 6. The second-order valence-electron chi connectivity index (χ2n) is 7.85. The summed E-state index contributed by atoms with van der Waals surface area (Å²) in [6.45, 7) is 2.58. The zero-order chi connectivity index (χ0) is 35.3. The van der Waals surface area contributed by atoms with Crippen LogP contribution in [-0.2, 0) is 57.1 Å². The maximum Gasteiger partial charge on any atom is 0.337 e. The van der Waals surface area contributed by atoms with Crippen molar-refractivity contribution in [2.24, 2.45) is 0 Å². The van der Waals surface area contributed by atoms with Crippen molar-refractivity contribution in [1.82, 2.24) is 0 Å². The Hall–Kier alpha value is -5.22. The lowest BCUT2D eigenvalue weighted by molar-refractivity contribution is -0.164. The lowest BCUT2D eigenvalue weighted by Gasteiger charge is -2.09. The molecule has 0 amide bonds. The first-order valence-electron chi connectivity index (χ1n) is 12.9. The molecule has 256 valence electrons. The molecule has 46 heavy (non-hydrogen) atoms. The van der Waals surface area contributed by atoms with Crippen molar-refractivity contribution < 1.29 is 76.1 Å². The third-order valence-corrected chi connectivity index (χ3v) is 4.51. The van der Waals surface area contributed by atoms with Gasteiger partial charge in [-0.15, -0.1) is 0 Å². The Morgan fingerprint density at radius 2 is 0.826 bits per heavy atom. The number of benzene rings is 2. The summed E-state index contributed by atoms with van der Waals surface area (Å²) >= 11 is 0. The molecule has 0 aliphatic heterocycles. The Labute approximate surface area is 266 Å². The predicted molar refractivity (Wildman–Crippen MR) is 158 cm³/mol. The van der Waals surface area contributed by atoms with E-state index in [1.165, 1.54) is 42.3 Å². The van der Waals surface area contributed by atoms with Crippen molar-refractivity contribution >= 4 is 35.8 Å². The summed E-state index contributed by atoms with van der Waals surface area (Å²) in [6, 6.07) is 13.0. The molecule has 0 unspecified atom stereocenters. The molecule has 2 aromatic rings. The number of ether oxygens (including phenoxy) is 10. The Bertz CT molecular complexity index is 1090. The molecule has 0 atom stereocenters. The minimum absolute atomic E-state index is 0.00482. The van der Waals surface area contributed by atoms with Gasteiger partial charge in [0.25, 0.3) is 0 Å². The van der Waals surface area contributed by atoms with Gasteiger partial charge in [-0.1, -0.05) is 0 Å². The summed E-state index contributed by atoms with van der Waals surface area (Å²) in [7, 11) is 8.25. The number of hydrogen-bond acceptors (Lipinski definition) is 16. The van der Waals surface area contributed by atoms with Crippen LogP contribution in [0, 0.1) is 0 Å². The van der Waals surface area contributed by atoms with Crippen LogP contribution in [0.4, 0.5) is 0 Å². The average molecular weight is 657 g/mol. The highest BCUT2D eigenvalue weighted by atomic mass is 16.7. The van der Waals surface area contributed by atoms with Gasteiger partial charge < -0.3 is 47.4 Å². The van der Waals surface area contributed by atoms with Gasteiger partial charge in [-0.3, -0.25) is 19.2 Å². The molecule has 0 radical (unpaired) electrons. The van der Waals surface area contributed by atoms with E-state index in [-0.39, 0.29) is 20.0 Å². The highest BCUT2D eigenvalue weighted by Crippen LogP contribution is 2.15. The second kappa shape index (κ2) is 27.3. The summed E-state index contributed by atoms with van der Waals surface area (Å²) in [5.41, 5.74) is 0.887. The van der Waals surface area contributed by atoms with Crippen LogP contribution in [0.5, 0.6) is 11.5 Å². The fourth-order valence-corrected chi connectivity index (χ4v) is 2.35. The first-order chi connectivity index (χ1) is 21.9. The van der Waals surface area contributed by atoms with Gasteiger partial charge in [0.15, 0.2) is 0 Å². The fourth-order valence-electron chi connectivity index (χ4n) is 2.35. The molecule has 16 heteroatoms. The number of methoxy groups -OCH3 is 6. The Kier molecular flexibility index (Phi) is 25.5. The lowest BCUT2D eigenvalue weighted by atomic mass is 10.2. The lowest BCUT2D eigenvalue weighted by Crippen LogP contribution is -2.09. The van der Waals surface area contributed by atoms with E-state index >= 15 is 0 Å². The van der Waals surface area contributed by atoms with Crippen molar-refractivity contribution in [1.29, 1.82) is 0 Å². The molecule has 2 aromatic carbocycles. The molecule has 0 aliphatic rings. The van der Waals surface area contributed by atoms with Gasteiger partial charge in [-0.2, -0.15) is 0 Å². The summed E-state index contributed by atoms with van der Waals surface area (Å²) in [6.07, 6.45) is -0.312. The third kappa shape index (κ3) is 23.3. The maximum absolute atomic E-state index is 11.3. The molecule has 16 nitrogen and oxygen atoms in total. The zero-order valence-corrected chi connectivity index (χ0v) is 27.0. The van der Waals surface area contributed by atoms with E-state index < -0.39 is 35.8 Å². The third-order valence-electron chi connectivity index (χ3n) is 4.51. The van der Waals surface area contributed by atoms with E-state index in [0.717, 1.165) is 0 Å². The molecule has 0 heterocycles. The maximum atomic E-state index is 11.3. The Morgan fingerprint density at radius 3 is 1.07 bits per heavy atom. The van der Waals surface area contributed by atoms with Gasteiger partial charge in [-0.05, 0) is 48.5 Å². The van der Waals surface area contributed by atoms with Crippen LogP contribution in [0.15, 0.2) is 48.5 Å². The van der Waals surface area contributed by atoms with Crippen LogP contribution < -0.4 is 9.47 Å². The molecule has 0 aromatic heterocycles. The normalized spacial score (nSPS) is 9.04. The van der Waals surface area contributed by atoms with Crippen LogP contribution >= 0.6 is 0 Å². The molecule has 0 spiro atoms. The van der Waals surface area contributed by atoms with E-state index in [1.54, 1.807) is 62.8 Å². The van der Waals surface area contributed by atoms with E-state index in [4.69, 9.17) is 9.47 Å². The van der Waals surface area contributed by atoms with Crippen molar-refractivity contribution in [3.63, 3.8) is 0 Å². The monoisotopic (exact) mass is 656 g/mol. The van der Waals surface area contributed by atoms with Crippen LogP contribution in [0.3, 0.4) is 0 Å². The SMILES string of the molecule is CC(=O)OCOC(C)=O.COC(=O)CC(=O)OC.COC(=O)c1ccc(OCOc2ccc(C(=O)OC)cc2)cc1.COCOC. The zero-order valence-electron chi connectivity index (χ0n) is 27.0. The Morgan fingerprint density at radius 1 is 0.478 bits per heavy atom. The standard InChI is InChI=1S/C17H16O6.2C5H8O4.C3H8O2/c1-20-16(18)12-3-7-14(8-4-12)22-11-23-15-9-5-13(6-10-15)17(19)21-2;1-8-4(6)3-5(7)9-2;1-4(6)8-3-9-5(2)7;1-4-3-5-2/h3-10H,11H2,1-2H3;2*3H2,1-2H3;3H2,1-2H3. The first kappa shape index (κ1) is 42.9. The van der Waals surface area contributed by atoms with Crippen LogP contribution in [0.2, 0.25) is 0 Å².